The molecule has 2 heterocycles. The Bertz CT molecular complexity index is 341. The quantitative estimate of drug-likeness (QED) is 0.799. The third kappa shape index (κ3) is 4.43. The molecule has 20 heavy (non-hydrogen) atoms. The average Bonchev–Trinajstić information content (AvgIpc) is 2.81. The summed E-state index contributed by atoms with van der Waals surface area (Å²) in [7, 11) is 0. The van der Waals surface area contributed by atoms with Gasteiger partial charge in [-0.3, -0.25) is 9.69 Å². The highest BCUT2D eigenvalue weighted by atomic mass is 16.5. The van der Waals surface area contributed by atoms with Crippen LogP contribution in [0.1, 0.15) is 40.5 Å². The van der Waals surface area contributed by atoms with E-state index in [9.17, 15) is 4.79 Å². The number of carbonyl (C=O) groups excluding carboxylic acids is 1. The minimum absolute atomic E-state index is 0.0485. The van der Waals surface area contributed by atoms with Gasteiger partial charge >= 0.3 is 0 Å². The fourth-order valence-electron chi connectivity index (χ4n) is 2.89. The largest absolute Gasteiger partial charge is 0.374 e. The first-order chi connectivity index (χ1) is 9.35. The molecule has 3 unspecified atom stereocenters. The van der Waals surface area contributed by atoms with Gasteiger partial charge in [0.05, 0.1) is 18.8 Å². The number of nitrogens with one attached hydrogen (secondary N) is 2. The second-order valence-electron chi connectivity index (χ2n) is 7.12. The molecule has 0 spiro atoms. The molecule has 2 N–H and O–H groups in total. The van der Waals surface area contributed by atoms with Crippen molar-refractivity contribution in [2.24, 2.45) is 0 Å². The Hall–Kier alpha value is -0.650. The van der Waals surface area contributed by atoms with E-state index in [4.69, 9.17) is 4.74 Å². The van der Waals surface area contributed by atoms with E-state index in [1.54, 1.807) is 0 Å². The molecule has 2 saturated heterocycles. The van der Waals surface area contributed by atoms with Crippen LogP contribution in [0.25, 0.3) is 0 Å². The van der Waals surface area contributed by atoms with Crippen molar-refractivity contribution in [1.29, 1.82) is 0 Å². The molecule has 2 aliphatic heterocycles. The summed E-state index contributed by atoms with van der Waals surface area (Å²) in [6.07, 6.45) is 2.76. The number of morpholine rings is 1. The number of amides is 1. The number of ether oxygens (including phenoxy) is 1. The Balaban J connectivity index is 1.70. The van der Waals surface area contributed by atoms with Gasteiger partial charge in [-0.05, 0) is 47.1 Å². The molecule has 2 aliphatic rings. The minimum Gasteiger partial charge on any atom is -0.374 e. The van der Waals surface area contributed by atoms with Crippen LogP contribution in [-0.2, 0) is 9.53 Å². The van der Waals surface area contributed by atoms with E-state index in [1.807, 2.05) is 27.7 Å². The smallest absolute Gasteiger partial charge is 0.237 e. The summed E-state index contributed by atoms with van der Waals surface area (Å²) in [5.74, 6) is 0.0485. The summed E-state index contributed by atoms with van der Waals surface area (Å²) in [4.78, 5) is 14.5. The molecule has 1 amide bonds. The molecule has 0 radical (unpaired) electrons. The van der Waals surface area contributed by atoms with Crippen LogP contribution in [0.15, 0.2) is 0 Å². The molecule has 0 bridgehead atoms. The first-order valence-corrected chi connectivity index (χ1v) is 7.76. The second kappa shape index (κ2) is 6.41. The molecule has 0 aromatic carbocycles. The highest BCUT2D eigenvalue weighted by Gasteiger charge is 2.32. The summed E-state index contributed by atoms with van der Waals surface area (Å²) in [5, 5.41) is 6.28. The van der Waals surface area contributed by atoms with E-state index in [-0.39, 0.29) is 23.6 Å². The molecule has 116 valence electrons. The van der Waals surface area contributed by atoms with Gasteiger partial charge in [-0.25, -0.2) is 0 Å². The third-order valence-electron chi connectivity index (χ3n) is 4.00. The lowest BCUT2D eigenvalue weighted by molar-refractivity contribution is -0.124. The first-order valence-electron chi connectivity index (χ1n) is 7.76. The fraction of sp³-hybridized carbons (Fsp3) is 0.933. The Kier molecular flexibility index (Phi) is 5.04. The van der Waals surface area contributed by atoms with E-state index in [0.29, 0.717) is 6.04 Å². The van der Waals surface area contributed by atoms with Crippen LogP contribution in [0.2, 0.25) is 0 Å². The number of hydrogen-bond donors (Lipinski definition) is 2. The standard InChI is InChI=1S/C15H29N3O2/c1-11(14(19)17-15(2,3)4)16-8-13-9-18-7-5-6-12(18)10-20-13/h11-13,16H,5-10H2,1-4H3,(H,17,19). The van der Waals surface area contributed by atoms with Gasteiger partial charge in [-0.15, -0.1) is 0 Å². The molecule has 0 aromatic heterocycles. The lowest BCUT2D eigenvalue weighted by Crippen LogP contribution is -2.54. The molecular weight excluding hydrogens is 254 g/mol. The normalized spacial score (nSPS) is 29.0. The van der Waals surface area contributed by atoms with Gasteiger partial charge in [0, 0.05) is 24.7 Å². The summed E-state index contributed by atoms with van der Waals surface area (Å²) in [6, 6.07) is 0.446. The van der Waals surface area contributed by atoms with Crippen molar-refractivity contribution in [3.63, 3.8) is 0 Å². The van der Waals surface area contributed by atoms with Crippen LogP contribution in [-0.4, -0.2) is 60.8 Å². The van der Waals surface area contributed by atoms with Crippen LogP contribution < -0.4 is 10.6 Å². The molecule has 5 heteroatoms. The van der Waals surface area contributed by atoms with Crippen molar-refractivity contribution in [2.75, 3.05) is 26.2 Å². The summed E-state index contributed by atoms with van der Waals surface area (Å²) in [6.45, 7) is 11.7. The van der Waals surface area contributed by atoms with Crippen LogP contribution in [0.5, 0.6) is 0 Å². The lowest BCUT2D eigenvalue weighted by atomic mass is 10.1. The topological polar surface area (TPSA) is 53.6 Å². The third-order valence-corrected chi connectivity index (χ3v) is 4.00. The van der Waals surface area contributed by atoms with Crippen molar-refractivity contribution in [3.8, 4) is 0 Å². The molecule has 2 fully saturated rings. The van der Waals surface area contributed by atoms with Gasteiger partial charge in [0.2, 0.25) is 5.91 Å². The van der Waals surface area contributed by atoms with Crippen LogP contribution in [0, 0.1) is 0 Å². The van der Waals surface area contributed by atoms with Crippen LogP contribution >= 0.6 is 0 Å². The van der Waals surface area contributed by atoms with Gasteiger partial charge < -0.3 is 15.4 Å². The number of rotatable bonds is 4. The molecule has 0 aromatic rings. The predicted molar refractivity (Wildman–Crippen MR) is 79.7 cm³/mol. The molecular formula is C15H29N3O2. The maximum atomic E-state index is 12.0. The average molecular weight is 283 g/mol. The van der Waals surface area contributed by atoms with Gasteiger partial charge in [-0.2, -0.15) is 0 Å². The minimum atomic E-state index is -0.186. The number of fused-ring (bicyclic) bond motifs is 1. The number of carbonyl (C=O) groups is 1. The van der Waals surface area contributed by atoms with E-state index in [2.05, 4.69) is 15.5 Å². The predicted octanol–water partition coefficient (Wildman–Crippen LogP) is 0.742. The second-order valence-corrected chi connectivity index (χ2v) is 7.12. The SMILES string of the molecule is CC(NCC1CN2CCCC2CO1)C(=O)NC(C)(C)C. The van der Waals surface area contributed by atoms with Crippen molar-refractivity contribution in [3.05, 3.63) is 0 Å². The van der Waals surface area contributed by atoms with Gasteiger partial charge in [0.15, 0.2) is 0 Å². The number of nitrogens with zero attached hydrogens (tertiary/aromatic N) is 1. The summed E-state index contributed by atoms with van der Waals surface area (Å²) in [5.41, 5.74) is -0.183. The highest BCUT2D eigenvalue weighted by molar-refractivity contribution is 5.81. The lowest BCUT2D eigenvalue weighted by Gasteiger charge is -2.35. The molecule has 0 saturated carbocycles. The van der Waals surface area contributed by atoms with Gasteiger partial charge in [0.1, 0.15) is 0 Å². The zero-order chi connectivity index (χ0) is 14.8. The molecule has 3 atom stereocenters. The molecule has 0 aliphatic carbocycles. The van der Waals surface area contributed by atoms with Crippen molar-refractivity contribution in [2.45, 2.75) is 64.3 Å². The summed E-state index contributed by atoms with van der Waals surface area (Å²) < 4.78 is 5.89. The van der Waals surface area contributed by atoms with E-state index < -0.39 is 0 Å². The van der Waals surface area contributed by atoms with Crippen molar-refractivity contribution in [1.82, 2.24) is 15.5 Å². The van der Waals surface area contributed by atoms with Crippen molar-refractivity contribution < 1.29 is 9.53 Å². The van der Waals surface area contributed by atoms with Crippen LogP contribution in [0.4, 0.5) is 0 Å². The Morgan fingerprint density at radius 1 is 1.45 bits per heavy atom. The monoisotopic (exact) mass is 283 g/mol. The highest BCUT2D eigenvalue weighted by Crippen LogP contribution is 2.22. The van der Waals surface area contributed by atoms with Gasteiger partial charge in [0.25, 0.3) is 0 Å². The zero-order valence-electron chi connectivity index (χ0n) is 13.2. The first kappa shape index (κ1) is 15.7. The van der Waals surface area contributed by atoms with Gasteiger partial charge in [-0.1, -0.05) is 0 Å². The van der Waals surface area contributed by atoms with Crippen molar-refractivity contribution >= 4 is 5.91 Å². The Morgan fingerprint density at radius 2 is 2.20 bits per heavy atom. The van der Waals surface area contributed by atoms with Crippen LogP contribution in [0.3, 0.4) is 0 Å². The number of hydrogen-bond acceptors (Lipinski definition) is 4. The Morgan fingerprint density at radius 3 is 2.90 bits per heavy atom. The van der Waals surface area contributed by atoms with E-state index in [1.165, 1.54) is 19.4 Å². The maximum absolute atomic E-state index is 12.0. The zero-order valence-corrected chi connectivity index (χ0v) is 13.2. The fourth-order valence-corrected chi connectivity index (χ4v) is 2.89. The molecule has 5 nitrogen and oxygen atoms in total. The molecule has 2 rings (SSSR count). The van der Waals surface area contributed by atoms with E-state index in [0.717, 1.165) is 19.7 Å². The maximum Gasteiger partial charge on any atom is 0.237 e. The Labute approximate surface area is 122 Å². The summed E-state index contributed by atoms with van der Waals surface area (Å²) >= 11 is 0. The van der Waals surface area contributed by atoms with E-state index >= 15 is 0 Å².